The lowest BCUT2D eigenvalue weighted by Gasteiger charge is -2.14. The van der Waals surface area contributed by atoms with E-state index in [0.717, 1.165) is 5.39 Å². The number of benzene rings is 3. The van der Waals surface area contributed by atoms with Gasteiger partial charge in [0.2, 0.25) is 11.6 Å². The molecule has 5 aromatic rings. The van der Waals surface area contributed by atoms with Crippen molar-refractivity contribution in [2.75, 3.05) is 20.8 Å². The summed E-state index contributed by atoms with van der Waals surface area (Å²) in [6.07, 6.45) is 6.82. The zero-order valence-electron chi connectivity index (χ0n) is 19.9. The fourth-order valence-corrected chi connectivity index (χ4v) is 4.05. The van der Waals surface area contributed by atoms with Crippen molar-refractivity contribution in [3.05, 3.63) is 81.6 Å². The highest BCUT2D eigenvalue weighted by atomic mass is 35.5. The van der Waals surface area contributed by atoms with Gasteiger partial charge in [-0.3, -0.25) is 4.79 Å². The summed E-state index contributed by atoms with van der Waals surface area (Å²) < 4.78 is 23.7. The van der Waals surface area contributed by atoms with E-state index in [4.69, 9.17) is 36.7 Å². The Balaban J connectivity index is 1.67. The van der Waals surface area contributed by atoms with Gasteiger partial charge in [-0.25, -0.2) is 4.98 Å². The molecule has 0 aliphatic heterocycles. The van der Waals surface area contributed by atoms with Crippen LogP contribution in [0, 0.1) is 12.3 Å². The molecular weight excluding hydrogens is 494 g/mol. The summed E-state index contributed by atoms with van der Waals surface area (Å²) in [5.74, 6) is 4.18. The Labute approximate surface area is 216 Å². The SMILES string of the molecule is C#CCOc1c(OC)cc(C=Nn2c(-c3cc4cc(Cl)ccc4o3)nc3ccccc3c2=O)cc1OC. The Bertz CT molecular complexity index is 1740. The maximum atomic E-state index is 13.5. The summed E-state index contributed by atoms with van der Waals surface area (Å²) in [6, 6.07) is 17.5. The monoisotopic (exact) mass is 513 g/mol. The molecular formula is C28H20ClN3O5. The molecule has 5 rings (SSSR count). The van der Waals surface area contributed by atoms with Crippen LogP contribution in [0.15, 0.2) is 75.0 Å². The number of hydrogen-bond acceptors (Lipinski definition) is 7. The second kappa shape index (κ2) is 10.1. The number of hydrogen-bond donors (Lipinski definition) is 0. The molecule has 0 saturated heterocycles. The summed E-state index contributed by atoms with van der Waals surface area (Å²) in [6.45, 7) is 0.0460. The number of para-hydroxylation sites is 1. The summed E-state index contributed by atoms with van der Waals surface area (Å²) in [4.78, 5) is 18.2. The number of furan rings is 1. The topological polar surface area (TPSA) is 88.1 Å². The van der Waals surface area contributed by atoms with Crippen LogP contribution in [0.25, 0.3) is 33.5 Å². The molecule has 0 spiro atoms. The lowest BCUT2D eigenvalue weighted by molar-refractivity contribution is 0.304. The number of aromatic nitrogens is 2. The van der Waals surface area contributed by atoms with Crippen molar-refractivity contribution in [1.29, 1.82) is 0 Å². The highest BCUT2D eigenvalue weighted by Crippen LogP contribution is 2.38. The van der Waals surface area contributed by atoms with Gasteiger partial charge < -0.3 is 18.6 Å². The molecule has 2 aromatic heterocycles. The van der Waals surface area contributed by atoms with Crippen LogP contribution in [-0.4, -0.2) is 36.7 Å². The second-order valence-electron chi connectivity index (χ2n) is 7.85. The lowest BCUT2D eigenvalue weighted by Crippen LogP contribution is -2.20. The lowest BCUT2D eigenvalue weighted by atomic mass is 10.2. The third kappa shape index (κ3) is 4.60. The first-order chi connectivity index (χ1) is 18.0. The molecule has 9 heteroatoms. The molecule has 0 fully saturated rings. The molecule has 0 saturated carbocycles. The summed E-state index contributed by atoms with van der Waals surface area (Å²) in [7, 11) is 3.00. The average Bonchev–Trinajstić information content (AvgIpc) is 3.34. The maximum absolute atomic E-state index is 13.5. The van der Waals surface area contributed by atoms with Crippen LogP contribution in [0.4, 0.5) is 0 Å². The van der Waals surface area contributed by atoms with Gasteiger partial charge in [0.15, 0.2) is 17.3 Å². The number of terminal acetylenes is 1. The molecule has 0 radical (unpaired) electrons. The van der Waals surface area contributed by atoms with Gasteiger partial charge >= 0.3 is 0 Å². The molecule has 0 amide bonds. The van der Waals surface area contributed by atoms with Crippen molar-refractivity contribution < 1.29 is 18.6 Å². The molecule has 0 bridgehead atoms. The fraction of sp³-hybridized carbons (Fsp3) is 0.107. The minimum Gasteiger partial charge on any atom is -0.493 e. The van der Waals surface area contributed by atoms with Crippen LogP contribution in [0.1, 0.15) is 5.56 Å². The van der Waals surface area contributed by atoms with Crippen molar-refractivity contribution in [2.45, 2.75) is 0 Å². The van der Waals surface area contributed by atoms with Crippen LogP contribution in [0.2, 0.25) is 5.02 Å². The molecule has 0 unspecified atom stereocenters. The van der Waals surface area contributed by atoms with E-state index in [-0.39, 0.29) is 18.0 Å². The quantitative estimate of drug-likeness (QED) is 0.215. The zero-order valence-corrected chi connectivity index (χ0v) is 20.7. The van der Waals surface area contributed by atoms with E-state index < -0.39 is 0 Å². The van der Waals surface area contributed by atoms with Crippen LogP contribution >= 0.6 is 11.6 Å². The van der Waals surface area contributed by atoms with Gasteiger partial charge in [-0.1, -0.05) is 29.7 Å². The van der Waals surface area contributed by atoms with Crippen molar-refractivity contribution in [3.63, 3.8) is 0 Å². The van der Waals surface area contributed by atoms with Crippen LogP contribution in [-0.2, 0) is 0 Å². The average molecular weight is 514 g/mol. The van der Waals surface area contributed by atoms with E-state index in [1.165, 1.54) is 25.1 Å². The first-order valence-corrected chi connectivity index (χ1v) is 11.5. The van der Waals surface area contributed by atoms with E-state index >= 15 is 0 Å². The molecule has 3 aromatic carbocycles. The van der Waals surface area contributed by atoms with Gasteiger partial charge in [0.05, 0.1) is 31.3 Å². The third-order valence-corrected chi connectivity index (χ3v) is 5.79. The first kappa shape index (κ1) is 24.0. The predicted molar refractivity (Wildman–Crippen MR) is 143 cm³/mol. The second-order valence-corrected chi connectivity index (χ2v) is 8.29. The normalized spacial score (nSPS) is 11.2. The first-order valence-electron chi connectivity index (χ1n) is 11.1. The Hall–Kier alpha value is -4.74. The van der Waals surface area contributed by atoms with Gasteiger partial charge in [-0.15, -0.1) is 6.42 Å². The van der Waals surface area contributed by atoms with Gasteiger partial charge in [-0.05, 0) is 48.5 Å². The van der Waals surface area contributed by atoms with E-state index in [1.54, 1.807) is 54.6 Å². The molecule has 8 nitrogen and oxygen atoms in total. The molecule has 0 aliphatic carbocycles. The van der Waals surface area contributed by atoms with E-state index in [0.29, 0.717) is 50.1 Å². The van der Waals surface area contributed by atoms with Gasteiger partial charge in [-0.2, -0.15) is 9.78 Å². The minimum absolute atomic E-state index is 0.0460. The van der Waals surface area contributed by atoms with Crippen molar-refractivity contribution in [2.24, 2.45) is 5.10 Å². The van der Waals surface area contributed by atoms with Gasteiger partial charge in [0, 0.05) is 16.0 Å². The smallest absolute Gasteiger partial charge is 0.282 e. The number of nitrogens with zero attached hydrogens (tertiary/aromatic N) is 3. The van der Waals surface area contributed by atoms with Crippen molar-refractivity contribution in [1.82, 2.24) is 9.66 Å². The molecule has 0 N–H and O–H groups in total. The van der Waals surface area contributed by atoms with Crippen molar-refractivity contribution >= 4 is 39.7 Å². The van der Waals surface area contributed by atoms with E-state index in [2.05, 4.69) is 16.0 Å². The van der Waals surface area contributed by atoms with E-state index in [9.17, 15) is 4.79 Å². The highest BCUT2D eigenvalue weighted by Gasteiger charge is 2.17. The Morgan fingerprint density at radius 1 is 1.11 bits per heavy atom. The molecule has 2 heterocycles. The van der Waals surface area contributed by atoms with Crippen LogP contribution in [0.5, 0.6) is 17.2 Å². The largest absolute Gasteiger partial charge is 0.493 e. The fourth-order valence-electron chi connectivity index (χ4n) is 3.87. The highest BCUT2D eigenvalue weighted by molar-refractivity contribution is 6.31. The van der Waals surface area contributed by atoms with Gasteiger partial charge in [0.1, 0.15) is 12.2 Å². The van der Waals surface area contributed by atoms with E-state index in [1.807, 2.05) is 6.07 Å². The number of fused-ring (bicyclic) bond motifs is 2. The summed E-state index contributed by atoms with van der Waals surface area (Å²) in [5.41, 5.74) is 1.35. The molecule has 184 valence electrons. The zero-order chi connectivity index (χ0) is 25.9. The Kier molecular flexibility index (Phi) is 6.54. The third-order valence-electron chi connectivity index (χ3n) is 5.56. The summed E-state index contributed by atoms with van der Waals surface area (Å²) >= 11 is 6.14. The molecule has 0 atom stereocenters. The standard InChI is InChI=1S/C28H20ClN3O5/c1-4-11-36-26-23(34-2)12-17(13-24(26)35-3)16-30-32-27(31-21-8-6-5-7-20(21)28(32)33)25-15-18-14-19(29)9-10-22(18)37-25/h1,5-10,12-16H,11H2,2-3H3. The number of halogens is 1. The maximum Gasteiger partial charge on any atom is 0.282 e. The van der Waals surface area contributed by atoms with Crippen LogP contribution < -0.4 is 19.8 Å². The summed E-state index contributed by atoms with van der Waals surface area (Å²) in [5, 5.41) is 6.24. The predicted octanol–water partition coefficient (Wildman–Crippen LogP) is 5.37. The number of methoxy groups -OCH3 is 2. The minimum atomic E-state index is -0.358. The van der Waals surface area contributed by atoms with Crippen molar-refractivity contribution in [3.8, 4) is 41.2 Å². The van der Waals surface area contributed by atoms with Gasteiger partial charge in [0.25, 0.3) is 5.56 Å². The molecule has 37 heavy (non-hydrogen) atoms. The Morgan fingerprint density at radius 2 is 1.86 bits per heavy atom. The Morgan fingerprint density at radius 3 is 2.59 bits per heavy atom. The number of ether oxygens (including phenoxy) is 3. The molecule has 0 aliphatic rings. The number of rotatable bonds is 7. The van der Waals surface area contributed by atoms with Crippen LogP contribution in [0.3, 0.4) is 0 Å².